The van der Waals surface area contributed by atoms with Crippen molar-refractivity contribution in [2.75, 3.05) is 25.1 Å². The largest absolute Gasteiger partial charge is 0.478 e. The minimum atomic E-state index is -1.19. The summed E-state index contributed by atoms with van der Waals surface area (Å²) in [5, 5.41) is 22.9. The second-order valence-electron chi connectivity index (χ2n) is 4.37. The number of hydrogen-bond acceptors (Lipinski definition) is 5. The monoisotopic (exact) mass is 266 g/mol. The minimum Gasteiger partial charge on any atom is -0.478 e. The van der Waals surface area contributed by atoms with E-state index in [1.165, 1.54) is 18.2 Å². The number of carboxylic acids is 1. The van der Waals surface area contributed by atoms with Gasteiger partial charge in [-0.05, 0) is 12.5 Å². The molecule has 0 aliphatic carbocycles. The molecule has 0 radical (unpaired) electrons. The Kier molecular flexibility index (Phi) is 3.96. The third kappa shape index (κ3) is 3.00. The third-order valence-corrected chi connectivity index (χ3v) is 3.06. The number of nitrogens with zero attached hydrogens (tertiary/aromatic N) is 1. The highest BCUT2D eigenvalue weighted by Crippen LogP contribution is 2.29. The number of nitro benzene ring substituents is 1. The fourth-order valence-electron chi connectivity index (χ4n) is 2.05. The third-order valence-electron chi connectivity index (χ3n) is 3.06. The van der Waals surface area contributed by atoms with E-state index in [1.807, 2.05) is 0 Å². The molecule has 0 amide bonds. The van der Waals surface area contributed by atoms with Crippen LogP contribution in [0, 0.1) is 16.0 Å². The Morgan fingerprint density at radius 3 is 2.95 bits per heavy atom. The van der Waals surface area contributed by atoms with Gasteiger partial charge in [0.25, 0.3) is 5.69 Å². The molecule has 1 aliphatic heterocycles. The molecule has 1 unspecified atom stereocenters. The van der Waals surface area contributed by atoms with Crippen LogP contribution < -0.4 is 5.32 Å². The standard InChI is InChI=1S/C12H14N2O5/c15-12(16)9-2-1-3-10(14(17)18)11(9)13-6-8-4-5-19-7-8/h1-3,8,13H,4-7H2,(H,15,16). The number of carbonyl (C=O) groups is 1. The van der Waals surface area contributed by atoms with Crippen LogP contribution in [0.15, 0.2) is 18.2 Å². The molecule has 2 rings (SSSR count). The van der Waals surface area contributed by atoms with Crippen molar-refractivity contribution in [1.82, 2.24) is 0 Å². The Morgan fingerprint density at radius 2 is 2.37 bits per heavy atom. The summed E-state index contributed by atoms with van der Waals surface area (Å²) in [6, 6.07) is 4.01. The lowest BCUT2D eigenvalue weighted by Crippen LogP contribution is -2.17. The van der Waals surface area contributed by atoms with E-state index in [9.17, 15) is 14.9 Å². The molecule has 1 saturated heterocycles. The highest BCUT2D eigenvalue weighted by molar-refractivity contribution is 5.96. The van der Waals surface area contributed by atoms with Crippen molar-refractivity contribution >= 4 is 17.3 Å². The van der Waals surface area contributed by atoms with Crippen molar-refractivity contribution in [3.8, 4) is 0 Å². The number of ether oxygens (including phenoxy) is 1. The Balaban J connectivity index is 2.23. The number of aromatic carboxylic acids is 1. The number of carboxylic acid groups (broad SMARTS) is 1. The number of para-hydroxylation sites is 1. The average molecular weight is 266 g/mol. The summed E-state index contributed by atoms with van der Waals surface area (Å²) in [5.74, 6) is -0.935. The predicted molar refractivity (Wildman–Crippen MR) is 67.5 cm³/mol. The summed E-state index contributed by atoms with van der Waals surface area (Å²) in [7, 11) is 0. The molecule has 0 saturated carbocycles. The Morgan fingerprint density at radius 1 is 1.58 bits per heavy atom. The number of benzene rings is 1. The van der Waals surface area contributed by atoms with Gasteiger partial charge in [-0.2, -0.15) is 0 Å². The Hall–Kier alpha value is -2.15. The van der Waals surface area contributed by atoms with Gasteiger partial charge >= 0.3 is 5.97 Å². The lowest BCUT2D eigenvalue weighted by atomic mass is 10.1. The van der Waals surface area contributed by atoms with Crippen LogP contribution in [0.3, 0.4) is 0 Å². The van der Waals surface area contributed by atoms with E-state index in [0.717, 1.165) is 6.42 Å². The molecule has 1 atom stereocenters. The molecule has 1 aromatic rings. The van der Waals surface area contributed by atoms with Gasteiger partial charge in [-0.3, -0.25) is 10.1 Å². The number of hydrogen-bond donors (Lipinski definition) is 2. The fourth-order valence-corrected chi connectivity index (χ4v) is 2.05. The van der Waals surface area contributed by atoms with Gasteiger partial charge in [-0.15, -0.1) is 0 Å². The maximum absolute atomic E-state index is 11.1. The van der Waals surface area contributed by atoms with E-state index in [-0.39, 0.29) is 22.9 Å². The first kappa shape index (κ1) is 13.3. The molecule has 102 valence electrons. The normalized spacial score (nSPS) is 18.2. The number of nitro groups is 1. The molecule has 7 heteroatoms. The molecule has 0 spiro atoms. The molecule has 1 fully saturated rings. The summed E-state index contributed by atoms with van der Waals surface area (Å²) in [6.07, 6.45) is 0.871. The van der Waals surface area contributed by atoms with Gasteiger partial charge in [0.2, 0.25) is 0 Å². The Labute approximate surface area is 109 Å². The van der Waals surface area contributed by atoms with E-state index >= 15 is 0 Å². The van der Waals surface area contributed by atoms with Crippen LogP contribution in [0.1, 0.15) is 16.8 Å². The summed E-state index contributed by atoms with van der Waals surface area (Å²) in [6.45, 7) is 1.73. The van der Waals surface area contributed by atoms with Crippen molar-refractivity contribution in [3.05, 3.63) is 33.9 Å². The molecule has 7 nitrogen and oxygen atoms in total. The molecular formula is C12H14N2O5. The lowest BCUT2D eigenvalue weighted by molar-refractivity contribution is -0.384. The molecule has 1 heterocycles. The van der Waals surface area contributed by atoms with E-state index < -0.39 is 10.9 Å². The van der Waals surface area contributed by atoms with Crippen LogP contribution in [0.5, 0.6) is 0 Å². The molecular weight excluding hydrogens is 252 g/mol. The predicted octanol–water partition coefficient (Wildman–Crippen LogP) is 1.74. The van der Waals surface area contributed by atoms with Gasteiger partial charge in [-0.25, -0.2) is 4.79 Å². The smallest absolute Gasteiger partial charge is 0.338 e. The lowest BCUT2D eigenvalue weighted by Gasteiger charge is -2.12. The van der Waals surface area contributed by atoms with Crippen LogP contribution in [0.4, 0.5) is 11.4 Å². The molecule has 1 aromatic carbocycles. The highest BCUT2D eigenvalue weighted by Gasteiger charge is 2.23. The second-order valence-corrected chi connectivity index (χ2v) is 4.37. The van der Waals surface area contributed by atoms with E-state index in [1.54, 1.807) is 0 Å². The van der Waals surface area contributed by atoms with Gasteiger partial charge in [-0.1, -0.05) is 6.07 Å². The molecule has 0 aromatic heterocycles. The quantitative estimate of drug-likeness (QED) is 0.621. The number of nitrogens with one attached hydrogen (secondary N) is 1. The van der Waals surface area contributed by atoms with Crippen molar-refractivity contribution in [2.24, 2.45) is 5.92 Å². The van der Waals surface area contributed by atoms with Gasteiger partial charge in [0.15, 0.2) is 0 Å². The number of rotatable bonds is 5. The van der Waals surface area contributed by atoms with Gasteiger partial charge in [0, 0.05) is 25.1 Å². The SMILES string of the molecule is O=C(O)c1cccc([N+](=O)[O-])c1NCC1CCOC1. The summed E-state index contributed by atoms with van der Waals surface area (Å²) >= 11 is 0. The first-order valence-corrected chi connectivity index (χ1v) is 5.92. The summed E-state index contributed by atoms with van der Waals surface area (Å²) in [4.78, 5) is 21.5. The Bertz CT molecular complexity index is 465. The van der Waals surface area contributed by atoms with Gasteiger partial charge in [0.05, 0.1) is 17.1 Å². The van der Waals surface area contributed by atoms with Crippen molar-refractivity contribution in [1.29, 1.82) is 0 Å². The zero-order valence-corrected chi connectivity index (χ0v) is 10.2. The van der Waals surface area contributed by atoms with E-state index in [4.69, 9.17) is 9.84 Å². The zero-order valence-electron chi connectivity index (χ0n) is 10.2. The van der Waals surface area contributed by atoms with Crippen molar-refractivity contribution < 1.29 is 19.6 Å². The molecule has 19 heavy (non-hydrogen) atoms. The van der Waals surface area contributed by atoms with Crippen molar-refractivity contribution in [2.45, 2.75) is 6.42 Å². The van der Waals surface area contributed by atoms with Crippen molar-refractivity contribution in [3.63, 3.8) is 0 Å². The van der Waals surface area contributed by atoms with Crippen LogP contribution in [0.2, 0.25) is 0 Å². The topological polar surface area (TPSA) is 102 Å². The fraction of sp³-hybridized carbons (Fsp3) is 0.417. The highest BCUT2D eigenvalue weighted by atomic mass is 16.6. The van der Waals surface area contributed by atoms with Gasteiger partial charge in [0.1, 0.15) is 5.69 Å². The van der Waals surface area contributed by atoms with E-state index in [2.05, 4.69) is 5.32 Å². The zero-order chi connectivity index (χ0) is 13.8. The summed E-state index contributed by atoms with van der Waals surface area (Å²) in [5.41, 5.74) is -0.251. The van der Waals surface area contributed by atoms with Crippen LogP contribution in [0.25, 0.3) is 0 Å². The van der Waals surface area contributed by atoms with E-state index in [0.29, 0.717) is 19.8 Å². The maximum atomic E-state index is 11.1. The average Bonchev–Trinajstić information content (AvgIpc) is 2.88. The first-order valence-electron chi connectivity index (χ1n) is 5.92. The van der Waals surface area contributed by atoms with Crippen LogP contribution in [-0.2, 0) is 4.74 Å². The maximum Gasteiger partial charge on any atom is 0.338 e. The molecule has 1 aliphatic rings. The second kappa shape index (κ2) is 5.66. The molecule has 2 N–H and O–H groups in total. The van der Waals surface area contributed by atoms with Gasteiger partial charge < -0.3 is 15.2 Å². The minimum absolute atomic E-state index is 0.0619. The molecule has 0 bridgehead atoms. The number of anilines is 1. The first-order chi connectivity index (χ1) is 9.09. The summed E-state index contributed by atoms with van der Waals surface area (Å²) < 4.78 is 5.21. The van der Waals surface area contributed by atoms with Crippen LogP contribution >= 0.6 is 0 Å². The van der Waals surface area contributed by atoms with Crippen LogP contribution in [-0.4, -0.2) is 35.8 Å².